The van der Waals surface area contributed by atoms with Crippen molar-refractivity contribution < 1.29 is 14.3 Å². The highest BCUT2D eigenvalue weighted by Gasteiger charge is 2.26. The number of nitrogens with one attached hydrogen (secondary N) is 1. The van der Waals surface area contributed by atoms with Crippen molar-refractivity contribution in [1.29, 1.82) is 0 Å². The Balaban J connectivity index is 2.01. The number of nitrogens with zero attached hydrogens (tertiary/aromatic N) is 1. The van der Waals surface area contributed by atoms with E-state index in [1.54, 1.807) is 25.4 Å². The predicted molar refractivity (Wildman–Crippen MR) is 139 cm³/mol. The quantitative estimate of drug-likeness (QED) is 0.435. The van der Waals surface area contributed by atoms with Gasteiger partial charge in [-0.05, 0) is 61.1 Å². The number of carbonyl (C=O) groups is 2. The summed E-state index contributed by atoms with van der Waals surface area (Å²) in [7, 11) is 1.62. The van der Waals surface area contributed by atoms with Crippen molar-refractivity contribution >= 4 is 11.7 Å². The van der Waals surface area contributed by atoms with Gasteiger partial charge >= 0.3 is 0 Å². The lowest BCUT2D eigenvalue weighted by molar-refractivity contribution is -0.126. The van der Waals surface area contributed by atoms with Crippen molar-refractivity contribution in [2.75, 3.05) is 7.11 Å². The molecule has 0 radical (unpaired) electrons. The van der Waals surface area contributed by atoms with E-state index in [9.17, 15) is 14.4 Å². The van der Waals surface area contributed by atoms with E-state index in [1.165, 1.54) is 17.6 Å². The molecule has 1 aromatic heterocycles. The van der Waals surface area contributed by atoms with Gasteiger partial charge in [0.1, 0.15) is 17.6 Å². The number of aryl methyl sites for hydroxylation is 1. The maximum Gasteiger partial charge on any atom is 0.251 e. The number of ketones is 1. The SMILES string of the molecule is COc1ccc([C@H](CC(C)=O)NC(=O)C(CC(C)C)n2ccccc2=O)cc1-c1ccccc1C. The number of ether oxygens (including phenoxy) is 1. The molecule has 1 N–H and O–H groups in total. The molecular formula is C29H34N2O4. The number of rotatable bonds is 10. The standard InChI is InChI=1S/C29H34N2O4/c1-19(2)16-26(31-15-9-8-12-28(31)33)29(34)30-25(17-21(4)32)22-13-14-27(35-5)24(18-22)23-11-7-6-10-20(23)3/h6-15,18-19,25-26H,16-17H2,1-5H3,(H,30,34)/t25-,26?/m0/s1. The van der Waals surface area contributed by atoms with Crippen LogP contribution in [0.25, 0.3) is 11.1 Å². The molecule has 1 amide bonds. The first-order chi connectivity index (χ1) is 16.7. The van der Waals surface area contributed by atoms with Gasteiger partial charge in [0.25, 0.3) is 5.56 Å². The monoisotopic (exact) mass is 474 g/mol. The van der Waals surface area contributed by atoms with Gasteiger partial charge in [0, 0.05) is 24.2 Å². The van der Waals surface area contributed by atoms with Gasteiger partial charge in [-0.2, -0.15) is 0 Å². The van der Waals surface area contributed by atoms with Gasteiger partial charge in [-0.1, -0.05) is 50.2 Å². The summed E-state index contributed by atoms with van der Waals surface area (Å²) in [6.07, 6.45) is 2.28. The molecule has 0 saturated heterocycles. The number of hydrogen-bond acceptors (Lipinski definition) is 4. The second-order valence-electron chi connectivity index (χ2n) is 9.33. The molecule has 3 rings (SSSR count). The lowest BCUT2D eigenvalue weighted by atomic mass is 9.93. The molecule has 0 aliphatic heterocycles. The van der Waals surface area contributed by atoms with Crippen LogP contribution in [0.3, 0.4) is 0 Å². The third-order valence-corrected chi connectivity index (χ3v) is 6.05. The molecule has 0 fully saturated rings. The molecule has 0 aliphatic carbocycles. The van der Waals surface area contributed by atoms with E-state index in [0.29, 0.717) is 12.2 Å². The third kappa shape index (κ3) is 6.47. The Morgan fingerprint density at radius 1 is 1.00 bits per heavy atom. The summed E-state index contributed by atoms with van der Waals surface area (Å²) in [6.45, 7) is 7.57. The highest BCUT2D eigenvalue weighted by atomic mass is 16.5. The van der Waals surface area contributed by atoms with Crippen molar-refractivity contribution in [3.8, 4) is 16.9 Å². The molecule has 6 heteroatoms. The summed E-state index contributed by atoms with van der Waals surface area (Å²) in [5.74, 6) is 0.578. The highest BCUT2D eigenvalue weighted by Crippen LogP contribution is 2.35. The second kappa shape index (κ2) is 11.6. The Morgan fingerprint density at radius 3 is 2.34 bits per heavy atom. The van der Waals surface area contributed by atoms with E-state index in [2.05, 4.69) is 5.32 Å². The Kier molecular flexibility index (Phi) is 8.63. The van der Waals surface area contributed by atoms with E-state index in [4.69, 9.17) is 4.74 Å². The first-order valence-corrected chi connectivity index (χ1v) is 11.9. The minimum absolute atomic E-state index is 0.0409. The van der Waals surface area contributed by atoms with Crippen molar-refractivity contribution in [3.63, 3.8) is 0 Å². The highest BCUT2D eigenvalue weighted by molar-refractivity contribution is 5.83. The largest absolute Gasteiger partial charge is 0.496 e. The van der Waals surface area contributed by atoms with Gasteiger partial charge < -0.3 is 14.6 Å². The molecule has 2 atom stereocenters. The summed E-state index contributed by atoms with van der Waals surface area (Å²) in [5, 5.41) is 3.07. The summed E-state index contributed by atoms with van der Waals surface area (Å²) in [5.41, 5.74) is 3.58. The van der Waals surface area contributed by atoms with Gasteiger partial charge in [0.15, 0.2) is 0 Å². The molecular weight excluding hydrogens is 440 g/mol. The van der Waals surface area contributed by atoms with Crippen LogP contribution in [0.2, 0.25) is 0 Å². The Labute approximate surface area is 207 Å². The fourth-order valence-corrected chi connectivity index (χ4v) is 4.33. The molecule has 184 valence electrons. The minimum atomic E-state index is -0.674. The van der Waals surface area contributed by atoms with E-state index in [1.807, 2.05) is 63.2 Å². The molecule has 0 aliphatic rings. The van der Waals surface area contributed by atoms with Crippen LogP contribution in [0, 0.1) is 12.8 Å². The molecule has 1 heterocycles. The van der Waals surface area contributed by atoms with Gasteiger partial charge in [-0.15, -0.1) is 0 Å². The maximum absolute atomic E-state index is 13.5. The van der Waals surface area contributed by atoms with Crippen LogP contribution in [-0.2, 0) is 9.59 Å². The molecule has 3 aromatic rings. The molecule has 0 saturated carbocycles. The number of carbonyl (C=O) groups excluding carboxylic acids is 2. The third-order valence-electron chi connectivity index (χ3n) is 6.05. The Hall–Kier alpha value is -3.67. The van der Waals surface area contributed by atoms with Crippen LogP contribution < -0.4 is 15.6 Å². The van der Waals surface area contributed by atoms with Crippen molar-refractivity contribution in [1.82, 2.24) is 9.88 Å². The Bertz CT molecular complexity index is 1250. The average molecular weight is 475 g/mol. The van der Waals surface area contributed by atoms with E-state index in [-0.39, 0.29) is 29.6 Å². The smallest absolute Gasteiger partial charge is 0.251 e. The average Bonchev–Trinajstić information content (AvgIpc) is 2.82. The van der Waals surface area contributed by atoms with Crippen LogP contribution in [0.1, 0.15) is 56.8 Å². The summed E-state index contributed by atoms with van der Waals surface area (Å²) >= 11 is 0. The van der Waals surface area contributed by atoms with Crippen LogP contribution in [0.5, 0.6) is 5.75 Å². The summed E-state index contributed by atoms with van der Waals surface area (Å²) in [4.78, 5) is 38.2. The molecule has 0 bridgehead atoms. The van der Waals surface area contributed by atoms with Crippen LogP contribution in [0.15, 0.2) is 71.7 Å². The fraction of sp³-hybridized carbons (Fsp3) is 0.345. The maximum atomic E-state index is 13.5. The molecule has 6 nitrogen and oxygen atoms in total. The van der Waals surface area contributed by atoms with Crippen molar-refractivity contribution in [2.45, 2.75) is 52.6 Å². The zero-order valence-corrected chi connectivity index (χ0v) is 21.1. The van der Waals surface area contributed by atoms with Crippen molar-refractivity contribution in [3.05, 3.63) is 88.3 Å². The number of benzene rings is 2. The van der Waals surface area contributed by atoms with Crippen molar-refractivity contribution in [2.24, 2.45) is 5.92 Å². The van der Waals surface area contributed by atoms with Gasteiger partial charge in [0.05, 0.1) is 13.2 Å². The van der Waals surface area contributed by atoms with E-state index in [0.717, 1.165) is 22.3 Å². The lowest BCUT2D eigenvalue weighted by Gasteiger charge is -2.25. The van der Waals surface area contributed by atoms with Crippen LogP contribution in [0.4, 0.5) is 0 Å². The zero-order chi connectivity index (χ0) is 25.5. The molecule has 35 heavy (non-hydrogen) atoms. The number of pyridine rings is 1. The first-order valence-electron chi connectivity index (χ1n) is 11.9. The number of aromatic nitrogens is 1. The minimum Gasteiger partial charge on any atom is -0.496 e. The van der Waals surface area contributed by atoms with Gasteiger partial charge in [-0.3, -0.25) is 14.4 Å². The van der Waals surface area contributed by atoms with Gasteiger partial charge in [-0.25, -0.2) is 0 Å². The summed E-state index contributed by atoms with van der Waals surface area (Å²) in [6, 6.07) is 17.4. The van der Waals surface area contributed by atoms with Gasteiger partial charge in [0.2, 0.25) is 5.91 Å². The molecule has 0 spiro atoms. The predicted octanol–water partition coefficient (Wildman–Crippen LogP) is 5.26. The normalized spacial score (nSPS) is 12.7. The number of hydrogen-bond donors (Lipinski definition) is 1. The second-order valence-corrected chi connectivity index (χ2v) is 9.33. The van der Waals surface area contributed by atoms with Crippen LogP contribution >= 0.6 is 0 Å². The number of amides is 1. The van der Waals surface area contributed by atoms with Crippen LogP contribution in [-0.4, -0.2) is 23.4 Å². The van der Waals surface area contributed by atoms with E-state index < -0.39 is 12.1 Å². The molecule has 2 aromatic carbocycles. The van der Waals surface area contributed by atoms with E-state index >= 15 is 0 Å². The zero-order valence-electron chi connectivity index (χ0n) is 21.1. The molecule has 1 unspecified atom stereocenters. The number of Topliss-reactive ketones (excluding diaryl/α,β-unsaturated/α-hetero) is 1. The number of methoxy groups -OCH3 is 1. The Morgan fingerprint density at radius 2 is 1.71 bits per heavy atom. The fourth-order valence-electron chi connectivity index (χ4n) is 4.33. The summed E-state index contributed by atoms with van der Waals surface area (Å²) < 4.78 is 7.08. The first kappa shape index (κ1) is 25.9. The lowest BCUT2D eigenvalue weighted by Crippen LogP contribution is -2.39. The topological polar surface area (TPSA) is 77.4 Å².